The smallest absolute Gasteiger partial charge is 0.230 e. The molecule has 0 radical (unpaired) electrons. The molecule has 0 heterocycles. The minimum atomic E-state index is -0.364. The highest BCUT2D eigenvalue weighted by Gasteiger charge is 2.42. The maximum Gasteiger partial charge on any atom is 0.230 e. The van der Waals surface area contributed by atoms with Gasteiger partial charge < -0.3 is 25.0 Å². The average molecular weight is 405 g/mol. The molecule has 1 saturated carbocycles. The van der Waals surface area contributed by atoms with Crippen LogP contribution in [0.15, 0.2) is 29.3 Å². The third-order valence-electron chi connectivity index (χ3n) is 5.26. The molecule has 1 fully saturated rings. The van der Waals surface area contributed by atoms with Crippen LogP contribution in [-0.4, -0.2) is 63.7 Å². The highest BCUT2D eigenvalue weighted by molar-refractivity contribution is 5.84. The summed E-state index contributed by atoms with van der Waals surface area (Å²) in [6, 6.07) is 7.55. The number of hydrogen-bond acceptors (Lipinski definition) is 4. The molecule has 1 unspecified atom stereocenters. The van der Waals surface area contributed by atoms with Gasteiger partial charge in [0.15, 0.2) is 5.96 Å². The first kappa shape index (κ1) is 22.8. The number of benzene rings is 1. The Balaban J connectivity index is 1.94. The second-order valence-electron chi connectivity index (χ2n) is 7.87. The predicted molar refractivity (Wildman–Crippen MR) is 117 cm³/mol. The van der Waals surface area contributed by atoms with Crippen LogP contribution < -0.4 is 20.1 Å². The average Bonchev–Trinajstić information content (AvgIpc) is 3.20. The first-order valence-electron chi connectivity index (χ1n) is 10.4. The normalized spacial score (nSPS) is 16.8. The van der Waals surface area contributed by atoms with Crippen molar-refractivity contribution in [3.63, 3.8) is 0 Å². The first-order valence-corrected chi connectivity index (χ1v) is 10.4. The van der Waals surface area contributed by atoms with Gasteiger partial charge in [0, 0.05) is 20.6 Å². The molecule has 2 N–H and O–H groups in total. The fourth-order valence-electron chi connectivity index (χ4n) is 3.71. The van der Waals surface area contributed by atoms with Crippen molar-refractivity contribution in [2.45, 2.75) is 45.6 Å². The van der Waals surface area contributed by atoms with E-state index < -0.39 is 0 Å². The SMILES string of the molecule is CCNC(=NCC1(C(=O)N(C)C)CCCC1)NCC(C)Oc1ccc(OC)cc1. The Labute approximate surface area is 174 Å². The predicted octanol–water partition coefficient (Wildman–Crippen LogP) is 2.67. The van der Waals surface area contributed by atoms with E-state index in [0.717, 1.165) is 49.7 Å². The Morgan fingerprint density at radius 3 is 2.34 bits per heavy atom. The minimum Gasteiger partial charge on any atom is -0.497 e. The number of aliphatic imine (C=N–C) groups is 1. The van der Waals surface area contributed by atoms with Crippen molar-refractivity contribution in [3.8, 4) is 11.5 Å². The van der Waals surface area contributed by atoms with E-state index in [1.807, 2.05) is 52.2 Å². The summed E-state index contributed by atoms with van der Waals surface area (Å²) in [7, 11) is 5.30. The number of rotatable bonds is 9. The van der Waals surface area contributed by atoms with Gasteiger partial charge in [0.05, 0.1) is 25.6 Å². The Morgan fingerprint density at radius 2 is 1.79 bits per heavy atom. The molecule has 1 aliphatic carbocycles. The van der Waals surface area contributed by atoms with E-state index >= 15 is 0 Å². The zero-order valence-electron chi connectivity index (χ0n) is 18.5. The van der Waals surface area contributed by atoms with E-state index in [1.54, 1.807) is 12.0 Å². The molecule has 0 aromatic heterocycles. The van der Waals surface area contributed by atoms with E-state index in [4.69, 9.17) is 14.5 Å². The van der Waals surface area contributed by atoms with Crippen LogP contribution in [0.3, 0.4) is 0 Å². The lowest BCUT2D eigenvalue weighted by molar-refractivity contribution is -0.138. The molecule has 1 atom stereocenters. The number of carbonyl (C=O) groups excluding carboxylic acids is 1. The monoisotopic (exact) mass is 404 g/mol. The Kier molecular flexibility index (Phi) is 8.61. The summed E-state index contributed by atoms with van der Waals surface area (Å²) in [6.45, 7) is 5.91. The van der Waals surface area contributed by atoms with Crippen LogP contribution in [0.1, 0.15) is 39.5 Å². The van der Waals surface area contributed by atoms with Crippen LogP contribution in [0.5, 0.6) is 11.5 Å². The van der Waals surface area contributed by atoms with Gasteiger partial charge in [0.1, 0.15) is 17.6 Å². The van der Waals surface area contributed by atoms with Crippen molar-refractivity contribution >= 4 is 11.9 Å². The second kappa shape index (κ2) is 10.9. The lowest BCUT2D eigenvalue weighted by Gasteiger charge is -2.29. The molecule has 29 heavy (non-hydrogen) atoms. The molecular formula is C22H36N4O3. The molecule has 7 heteroatoms. The number of guanidine groups is 1. The van der Waals surface area contributed by atoms with Crippen molar-refractivity contribution in [2.24, 2.45) is 10.4 Å². The number of methoxy groups -OCH3 is 1. The summed E-state index contributed by atoms with van der Waals surface area (Å²) in [5.41, 5.74) is -0.364. The van der Waals surface area contributed by atoms with E-state index in [0.29, 0.717) is 13.1 Å². The fraction of sp³-hybridized carbons (Fsp3) is 0.636. The second-order valence-corrected chi connectivity index (χ2v) is 7.87. The summed E-state index contributed by atoms with van der Waals surface area (Å²) < 4.78 is 11.1. The molecule has 1 aromatic rings. The number of carbonyl (C=O) groups is 1. The van der Waals surface area contributed by atoms with Gasteiger partial charge in [-0.15, -0.1) is 0 Å². The summed E-state index contributed by atoms with van der Waals surface area (Å²) >= 11 is 0. The van der Waals surface area contributed by atoms with E-state index in [2.05, 4.69) is 10.6 Å². The molecule has 7 nitrogen and oxygen atoms in total. The maximum atomic E-state index is 12.7. The summed E-state index contributed by atoms with van der Waals surface area (Å²) in [6.07, 6.45) is 3.95. The molecule has 0 bridgehead atoms. The lowest BCUT2D eigenvalue weighted by atomic mass is 9.85. The van der Waals surface area contributed by atoms with Gasteiger partial charge >= 0.3 is 0 Å². The maximum absolute atomic E-state index is 12.7. The van der Waals surface area contributed by atoms with Crippen LogP contribution in [0.4, 0.5) is 0 Å². The topological polar surface area (TPSA) is 75.2 Å². The number of amides is 1. The van der Waals surface area contributed by atoms with Crippen LogP contribution in [0, 0.1) is 5.41 Å². The van der Waals surface area contributed by atoms with Gasteiger partial charge in [-0.1, -0.05) is 12.8 Å². The zero-order chi connectivity index (χ0) is 21.3. The van der Waals surface area contributed by atoms with Gasteiger partial charge in [-0.05, 0) is 51.0 Å². The zero-order valence-corrected chi connectivity index (χ0v) is 18.5. The Hall–Kier alpha value is -2.44. The lowest BCUT2D eigenvalue weighted by Crippen LogP contribution is -2.44. The van der Waals surface area contributed by atoms with Crippen LogP contribution >= 0.6 is 0 Å². The van der Waals surface area contributed by atoms with Crippen molar-refractivity contribution < 1.29 is 14.3 Å². The van der Waals surface area contributed by atoms with Crippen LogP contribution in [-0.2, 0) is 4.79 Å². The number of hydrogen-bond donors (Lipinski definition) is 2. The molecule has 2 rings (SSSR count). The van der Waals surface area contributed by atoms with Crippen molar-refractivity contribution in [3.05, 3.63) is 24.3 Å². The molecule has 162 valence electrons. The standard InChI is InChI=1S/C22H36N4O3/c1-6-23-21(25-16-22(13-7-8-14-22)20(27)26(3)4)24-15-17(2)29-19-11-9-18(28-5)10-12-19/h9-12,17H,6-8,13-16H2,1-5H3,(H2,23,24,25). The van der Waals surface area contributed by atoms with Gasteiger partial charge in [-0.25, -0.2) is 0 Å². The number of nitrogens with zero attached hydrogens (tertiary/aromatic N) is 2. The van der Waals surface area contributed by atoms with E-state index in [1.165, 1.54) is 0 Å². The molecular weight excluding hydrogens is 368 g/mol. The minimum absolute atomic E-state index is 0.0453. The highest BCUT2D eigenvalue weighted by atomic mass is 16.5. The van der Waals surface area contributed by atoms with Crippen molar-refractivity contribution in [1.29, 1.82) is 0 Å². The Bertz CT molecular complexity index is 667. The highest BCUT2D eigenvalue weighted by Crippen LogP contribution is 2.39. The van der Waals surface area contributed by atoms with Crippen LogP contribution in [0.2, 0.25) is 0 Å². The third kappa shape index (κ3) is 6.54. The van der Waals surface area contributed by atoms with E-state index in [-0.39, 0.29) is 17.4 Å². The van der Waals surface area contributed by atoms with Crippen LogP contribution in [0.25, 0.3) is 0 Å². The summed E-state index contributed by atoms with van der Waals surface area (Å²) in [5.74, 6) is 2.50. The third-order valence-corrected chi connectivity index (χ3v) is 5.26. The Morgan fingerprint density at radius 1 is 1.17 bits per heavy atom. The molecule has 1 aromatic carbocycles. The molecule has 1 amide bonds. The largest absolute Gasteiger partial charge is 0.497 e. The molecule has 0 spiro atoms. The first-order chi connectivity index (χ1) is 13.9. The van der Waals surface area contributed by atoms with Gasteiger partial charge in [-0.2, -0.15) is 0 Å². The van der Waals surface area contributed by atoms with Gasteiger partial charge in [0.2, 0.25) is 5.91 Å². The van der Waals surface area contributed by atoms with E-state index in [9.17, 15) is 4.79 Å². The fourth-order valence-corrected chi connectivity index (χ4v) is 3.71. The number of nitrogens with one attached hydrogen (secondary N) is 2. The molecule has 0 saturated heterocycles. The molecule has 0 aliphatic heterocycles. The van der Waals surface area contributed by atoms with Gasteiger partial charge in [-0.3, -0.25) is 9.79 Å². The number of ether oxygens (including phenoxy) is 2. The van der Waals surface area contributed by atoms with Crippen molar-refractivity contribution in [1.82, 2.24) is 15.5 Å². The van der Waals surface area contributed by atoms with Gasteiger partial charge in [0.25, 0.3) is 0 Å². The summed E-state index contributed by atoms with van der Waals surface area (Å²) in [5, 5.41) is 6.61. The summed E-state index contributed by atoms with van der Waals surface area (Å²) in [4.78, 5) is 19.2. The quantitative estimate of drug-likeness (QED) is 0.489. The molecule has 1 aliphatic rings. The van der Waals surface area contributed by atoms with Crippen molar-refractivity contribution in [2.75, 3.05) is 40.8 Å².